The lowest BCUT2D eigenvalue weighted by atomic mass is 10.2. The molecule has 1 aromatic rings. The number of halogens is 1. The van der Waals surface area contributed by atoms with Crippen LogP contribution < -0.4 is 4.74 Å². The fourth-order valence-corrected chi connectivity index (χ4v) is 1.54. The Morgan fingerprint density at radius 3 is 3.21 bits per heavy atom. The van der Waals surface area contributed by atoms with Crippen LogP contribution in [-0.2, 0) is 4.74 Å². The molecular formula is C10H12ClNO2. The van der Waals surface area contributed by atoms with Crippen molar-refractivity contribution in [3.05, 3.63) is 23.0 Å². The zero-order valence-electron chi connectivity index (χ0n) is 8.00. The molecule has 0 aliphatic carbocycles. The topological polar surface area (TPSA) is 31.4 Å². The van der Waals surface area contributed by atoms with Crippen molar-refractivity contribution < 1.29 is 9.47 Å². The summed E-state index contributed by atoms with van der Waals surface area (Å²) in [6.07, 6.45) is 2.82. The lowest BCUT2D eigenvalue weighted by Crippen LogP contribution is -2.16. The molecule has 2 rings (SSSR count). The molecule has 0 radical (unpaired) electrons. The summed E-state index contributed by atoms with van der Waals surface area (Å²) in [4.78, 5) is 3.97. The minimum absolute atomic E-state index is 0.159. The van der Waals surface area contributed by atoms with Crippen LogP contribution in [0.4, 0.5) is 0 Å². The van der Waals surface area contributed by atoms with E-state index < -0.39 is 0 Å². The lowest BCUT2D eigenvalue weighted by molar-refractivity contribution is 0.141. The minimum atomic E-state index is 0.159. The van der Waals surface area contributed by atoms with Crippen molar-refractivity contribution in [2.45, 2.75) is 19.4 Å². The zero-order chi connectivity index (χ0) is 9.97. The Balaban J connectivity index is 2.10. The molecule has 3 nitrogen and oxygen atoms in total. The van der Waals surface area contributed by atoms with E-state index in [0.717, 1.165) is 24.3 Å². The van der Waals surface area contributed by atoms with E-state index in [-0.39, 0.29) is 6.10 Å². The minimum Gasteiger partial charge on any atom is -0.487 e. The fourth-order valence-electron chi connectivity index (χ4n) is 1.39. The summed E-state index contributed by atoms with van der Waals surface area (Å²) in [6.45, 7) is 3.40. The molecule has 14 heavy (non-hydrogen) atoms. The fraction of sp³-hybridized carbons (Fsp3) is 0.500. The van der Waals surface area contributed by atoms with Gasteiger partial charge in [0.1, 0.15) is 17.0 Å². The average molecular weight is 214 g/mol. The van der Waals surface area contributed by atoms with Gasteiger partial charge in [-0.1, -0.05) is 11.6 Å². The van der Waals surface area contributed by atoms with Gasteiger partial charge in [0.05, 0.1) is 13.2 Å². The molecule has 0 N–H and O–H groups in total. The largest absolute Gasteiger partial charge is 0.487 e. The van der Waals surface area contributed by atoms with Crippen LogP contribution in [0.25, 0.3) is 0 Å². The van der Waals surface area contributed by atoms with Crippen LogP contribution >= 0.6 is 11.6 Å². The molecule has 1 aromatic heterocycles. The quantitative estimate of drug-likeness (QED) is 0.706. The highest BCUT2D eigenvalue weighted by molar-refractivity contribution is 6.29. The van der Waals surface area contributed by atoms with Crippen LogP contribution in [0.5, 0.6) is 5.75 Å². The van der Waals surface area contributed by atoms with Crippen molar-refractivity contribution in [1.29, 1.82) is 0 Å². The van der Waals surface area contributed by atoms with Crippen LogP contribution in [0, 0.1) is 6.92 Å². The van der Waals surface area contributed by atoms with Gasteiger partial charge in [-0.2, -0.15) is 0 Å². The normalized spacial score (nSPS) is 21.1. The Labute approximate surface area is 88.0 Å². The van der Waals surface area contributed by atoms with Gasteiger partial charge in [0, 0.05) is 24.2 Å². The number of aryl methyl sites for hydroxylation is 1. The maximum atomic E-state index is 5.78. The first-order valence-corrected chi connectivity index (χ1v) is 5.00. The molecule has 0 saturated carbocycles. The van der Waals surface area contributed by atoms with Gasteiger partial charge in [0.2, 0.25) is 0 Å². The van der Waals surface area contributed by atoms with Crippen molar-refractivity contribution in [2.75, 3.05) is 13.2 Å². The summed E-state index contributed by atoms with van der Waals surface area (Å²) in [5.41, 5.74) is 1.00. The van der Waals surface area contributed by atoms with Crippen molar-refractivity contribution >= 4 is 11.6 Å². The zero-order valence-corrected chi connectivity index (χ0v) is 8.75. The third-order valence-corrected chi connectivity index (χ3v) is 2.41. The molecular weight excluding hydrogens is 202 g/mol. The average Bonchev–Trinajstić information content (AvgIpc) is 2.64. The first-order valence-electron chi connectivity index (χ1n) is 4.62. The summed E-state index contributed by atoms with van der Waals surface area (Å²) >= 11 is 5.78. The Hall–Kier alpha value is -0.800. The number of aromatic nitrogens is 1. The molecule has 4 heteroatoms. The van der Waals surface area contributed by atoms with Crippen LogP contribution in [0.15, 0.2) is 12.3 Å². The van der Waals surface area contributed by atoms with Crippen molar-refractivity contribution in [3.63, 3.8) is 0 Å². The van der Waals surface area contributed by atoms with Gasteiger partial charge in [-0.05, 0) is 6.92 Å². The molecule has 0 bridgehead atoms. The van der Waals surface area contributed by atoms with Crippen LogP contribution in [0.1, 0.15) is 12.0 Å². The van der Waals surface area contributed by atoms with Gasteiger partial charge < -0.3 is 9.47 Å². The highest BCUT2D eigenvalue weighted by Crippen LogP contribution is 2.23. The molecule has 1 atom stereocenters. The van der Waals surface area contributed by atoms with E-state index in [1.54, 1.807) is 12.3 Å². The van der Waals surface area contributed by atoms with E-state index in [0.29, 0.717) is 11.8 Å². The molecule has 1 saturated heterocycles. The van der Waals surface area contributed by atoms with Crippen LogP contribution in [0.3, 0.4) is 0 Å². The van der Waals surface area contributed by atoms with E-state index in [1.165, 1.54) is 0 Å². The Morgan fingerprint density at radius 2 is 2.50 bits per heavy atom. The summed E-state index contributed by atoms with van der Waals surface area (Å²) in [5, 5.41) is 0.463. The van der Waals surface area contributed by atoms with E-state index in [2.05, 4.69) is 4.98 Å². The molecule has 1 fully saturated rings. The molecule has 76 valence electrons. The first kappa shape index (κ1) is 9.74. The van der Waals surface area contributed by atoms with Gasteiger partial charge in [0.15, 0.2) is 0 Å². The van der Waals surface area contributed by atoms with Crippen molar-refractivity contribution in [1.82, 2.24) is 4.98 Å². The first-order chi connectivity index (χ1) is 6.75. The van der Waals surface area contributed by atoms with Gasteiger partial charge in [-0.15, -0.1) is 0 Å². The maximum absolute atomic E-state index is 5.78. The predicted octanol–water partition coefficient (Wildman–Crippen LogP) is 2.21. The molecule has 1 aliphatic heterocycles. The molecule has 0 amide bonds. The Bertz CT molecular complexity index is 324. The number of nitrogens with zero attached hydrogens (tertiary/aromatic N) is 1. The van der Waals surface area contributed by atoms with Crippen molar-refractivity contribution in [3.8, 4) is 5.75 Å². The Kier molecular flexibility index (Phi) is 2.89. The maximum Gasteiger partial charge on any atom is 0.132 e. The van der Waals surface area contributed by atoms with E-state index >= 15 is 0 Å². The van der Waals surface area contributed by atoms with E-state index in [4.69, 9.17) is 21.1 Å². The number of rotatable bonds is 2. The standard InChI is InChI=1S/C10H12ClNO2/c1-7-5-12-10(11)4-9(7)14-8-2-3-13-6-8/h4-5,8H,2-3,6H2,1H3. The molecule has 0 aromatic carbocycles. The summed E-state index contributed by atoms with van der Waals surface area (Å²) in [7, 11) is 0. The van der Waals surface area contributed by atoms with Gasteiger partial charge in [-0.3, -0.25) is 0 Å². The SMILES string of the molecule is Cc1cnc(Cl)cc1OC1CCOC1. The van der Waals surface area contributed by atoms with Crippen LogP contribution in [0.2, 0.25) is 5.15 Å². The molecule has 1 aliphatic rings. The number of pyridine rings is 1. The second-order valence-electron chi connectivity index (χ2n) is 3.38. The van der Waals surface area contributed by atoms with E-state index in [1.807, 2.05) is 6.92 Å². The third-order valence-electron chi connectivity index (χ3n) is 2.20. The molecule has 2 heterocycles. The summed E-state index contributed by atoms with van der Waals surface area (Å²) in [5.74, 6) is 0.806. The number of hydrogen-bond donors (Lipinski definition) is 0. The van der Waals surface area contributed by atoms with Crippen molar-refractivity contribution in [2.24, 2.45) is 0 Å². The van der Waals surface area contributed by atoms with Gasteiger partial charge in [0.25, 0.3) is 0 Å². The highest BCUT2D eigenvalue weighted by Gasteiger charge is 2.18. The van der Waals surface area contributed by atoms with Gasteiger partial charge in [-0.25, -0.2) is 4.98 Å². The number of hydrogen-bond acceptors (Lipinski definition) is 3. The summed E-state index contributed by atoms with van der Waals surface area (Å²) in [6, 6.07) is 1.75. The lowest BCUT2D eigenvalue weighted by Gasteiger charge is -2.13. The number of ether oxygens (including phenoxy) is 2. The van der Waals surface area contributed by atoms with Crippen LogP contribution in [-0.4, -0.2) is 24.3 Å². The molecule has 0 spiro atoms. The third kappa shape index (κ3) is 2.16. The monoisotopic (exact) mass is 213 g/mol. The van der Waals surface area contributed by atoms with E-state index in [9.17, 15) is 0 Å². The predicted molar refractivity (Wildman–Crippen MR) is 53.8 cm³/mol. The smallest absolute Gasteiger partial charge is 0.132 e. The second-order valence-corrected chi connectivity index (χ2v) is 3.76. The Morgan fingerprint density at radius 1 is 1.64 bits per heavy atom. The summed E-state index contributed by atoms with van der Waals surface area (Å²) < 4.78 is 11.0. The molecule has 1 unspecified atom stereocenters. The van der Waals surface area contributed by atoms with Gasteiger partial charge >= 0.3 is 0 Å². The highest BCUT2D eigenvalue weighted by atomic mass is 35.5. The second kappa shape index (κ2) is 4.15.